The van der Waals surface area contributed by atoms with E-state index in [-0.39, 0.29) is 5.56 Å². The number of hydrogen-bond donors (Lipinski definition) is 1. The Bertz CT molecular complexity index is 911. The van der Waals surface area contributed by atoms with Gasteiger partial charge < -0.3 is 14.6 Å². The van der Waals surface area contributed by atoms with Crippen LogP contribution in [-0.4, -0.2) is 40.9 Å². The van der Waals surface area contributed by atoms with E-state index < -0.39 is 5.97 Å². The van der Waals surface area contributed by atoms with E-state index in [0.29, 0.717) is 24.6 Å². The number of aromatic nitrogens is 2. The van der Waals surface area contributed by atoms with Crippen molar-refractivity contribution >= 4 is 27.6 Å². The van der Waals surface area contributed by atoms with Gasteiger partial charge in [0.25, 0.3) is 0 Å². The number of aromatic carboxylic acids is 1. The summed E-state index contributed by atoms with van der Waals surface area (Å²) in [6, 6.07) is 6.74. The lowest BCUT2D eigenvalue weighted by molar-refractivity contribution is 0.0697. The average molecular weight is 354 g/mol. The van der Waals surface area contributed by atoms with E-state index in [0.717, 1.165) is 35.6 Å². The molecule has 0 aliphatic rings. The van der Waals surface area contributed by atoms with E-state index in [9.17, 15) is 9.90 Å². The second-order valence-corrected chi connectivity index (χ2v) is 6.04. The molecule has 0 fully saturated rings. The number of benzene rings is 1. The van der Waals surface area contributed by atoms with Crippen molar-refractivity contribution in [2.75, 3.05) is 19.8 Å². The molecular formula is C20H22N2O4. The molecule has 0 unspecified atom stereocenters. The van der Waals surface area contributed by atoms with Crippen molar-refractivity contribution in [1.29, 1.82) is 0 Å². The summed E-state index contributed by atoms with van der Waals surface area (Å²) in [6.45, 7) is 3.77. The summed E-state index contributed by atoms with van der Waals surface area (Å²) in [7, 11) is 0. The van der Waals surface area contributed by atoms with Crippen molar-refractivity contribution in [3.63, 3.8) is 0 Å². The molecule has 6 heteroatoms. The van der Waals surface area contributed by atoms with Gasteiger partial charge in [0.2, 0.25) is 5.88 Å². The van der Waals surface area contributed by atoms with Gasteiger partial charge in [-0.2, -0.15) is 0 Å². The number of pyridine rings is 2. The van der Waals surface area contributed by atoms with Crippen LogP contribution in [0.25, 0.3) is 21.7 Å². The van der Waals surface area contributed by atoms with Crippen molar-refractivity contribution in [2.45, 2.75) is 26.2 Å². The quantitative estimate of drug-likeness (QED) is 0.461. The monoisotopic (exact) mass is 354 g/mol. The Kier molecular flexibility index (Phi) is 5.96. The second-order valence-electron chi connectivity index (χ2n) is 6.04. The predicted octanol–water partition coefficient (Wildman–Crippen LogP) is 4.07. The highest BCUT2D eigenvalue weighted by Crippen LogP contribution is 2.30. The van der Waals surface area contributed by atoms with Crippen LogP contribution < -0.4 is 4.74 Å². The molecule has 0 bridgehead atoms. The molecule has 0 radical (unpaired) electrons. The third-order valence-corrected chi connectivity index (χ3v) is 4.17. The van der Waals surface area contributed by atoms with Gasteiger partial charge in [0.05, 0.1) is 17.7 Å². The van der Waals surface area contributed by atoms with E-state index >= 15 is 0 Å². The fourth-order valence-electron chi connectivity index (χ4n) is 2.81. The van der Waals surface area contributed by atoms with Crippen LogP contribution in [-0.2, 0) is 4.74 Å². The first-order chi connectivity index (χ1) is 12.7. The minimum Gasteiger partial charge on any atom is -0.478 e. The summed E-state index contributed by atoms with van der Waals surface area (Å²) in [5, 5.41) is 11.8. The smallest absolute Gasteiger partial charge is 0.335 e. The zero-order valence-corrected chi connectivity index (χ0v) is 14.8. The van der Waals surface area contributed by atoms with Gasteiger partial charge in [-0.3, -0.25) is 4.98 Å². The molecule has 0 saturated carbocycles. The van der Waals surface area contributed by atoms with Crippen LogP contribution in [0, 0.1) is 0 Å². The molecule has 3 aromatic rings. The fourth-order valence-corrected chi connectivity index (χ4v) is 2.81. The van der Waals surface area contributed by atoms with Crippen LogP contribution in [0.4, 0.5) is 0 Å². The number of ether oxygens (including phenoxy) is 2. The normalized spacial score (nSPS) is 11.1. The standard InChI is InChI=1S/C20H22N2O4/c1-2-3-4-9-25-10-11-26-19-16-7-8-21-13-17(16)15-6-5-14(20(23)24)12-18(15)22-19/h5-8,12-13H,2-4,9-11H2,1H3,(H,23,24). The number of carboxylic acid groups (broad SMARTS) is 1. The molecule has 1 aromatic carbocycles. The van der Waals surface area contributed by atoms with Crippen molar-refractivity contribution in [3.8, 4) is 5.88 Å². The maximum atomic E-state index is 11.2. The summed E-state index contributed by atoms with van der Waals surface area (Å²) < 4.78 is 11.4. The average Bonchev–Trinajstić information content (AvgIpc) is 2.66. The van der Waals surface area contributed by atoms with E-state index in [1.165, 1.54) is 6.42 Å². The number of rotatable bonds is 9. The number of hydrogen-bond acceptors (Lipinski definition) is 5. The van der Waals surface area contributed by atoms with Gasteiger partial charge in [-0.25, -0.2) is 9.78 Å². The van der Waals surface area contributed by atoms with Crippen LogP contribution in [0.3, 0.4) is 0 Å². The van der Waals surface area contributed by atoms with Crippen LogP contribution in [0.2, 0.25) is 0 Å². The van der Waals surface area contributed by atoms with Gasteiger partial charge >= 0.3 is 5.97 Å². The highest BCUT2D eigenvalue weighted by Gasteiger charge is 2.12. The molecule has 1 N–H and O–H groups in total. The summed E-state index contributed by atoms with van der Waals surface area (Å²) in [5.41, 5.74) is 0.766. The van der Waals surface area contributed by atoms with Gasteiger partial charge in [-0.15, -0.1) is 0 Å². The number of fused-ring (bicyclic) bond motifs is 3. The van der Waals surface area contributed by atoms with Crippen molar-refractivity contribution in [2.24, 2.45) is 0 Å². The van der Waals surface area contributed by atoms with Gasteiger partial charge in [0, 0.05) is 35.2 Å². The van der Waals surface area contributed by atoms with Crippen LogP contribution >= 0.6 is 0 Å². The number of carboxylic acids is 1. The Hall–Kier alpha value is -2.73. The fraction of sp³-hybridized carbons (Fsp3) is 0.350. The topological polar surface area (TPSA) is 81.5 Å². The lowest BCUT2D eigenvalue weighted by Crippen LogP contribution is -2.09. The zero-order chi connectivity index (χ0) is 18.4. The molecule has 0 amide bonds. The maximum Gasteiger partial charge on any atom is 0.335 e. The molecule has 0 atom stereocenters. The number of nitrogens with zero attached hydrogens (tertiary/aromatic N) is 2. The number of carbonyl (C=O) groups is 1. The molecular weight excluding hydrogens is 332 g/mol. The largest absolute Gasteiger partial charge is 0.478 e. The Morgan fingerprint density at radius 2 is 1.96 bits per heavy atom. The van der Waals surface area contributed by atoms with E-state index in [1.54, 1.807) is 30.6 Å². The highest BCUT2D eigenvalue weighted by molar-refractivity contribution is 6.08. The Morgan fingerprint density at radius 1 is 1.08 bits per heavy atom. The predicted molar refractivity (Wildman–Crippen MR) is 99.8 cm³/mol. The van der Waals surface area contributed by atoms with E-state index in [4.69, 9.17) is 9.47 Å². The molecule has 0 saturated heterocycles. The molecule has 136 valence electrons. The van der Waals surface area contributed by atoms with Crippen LogP contribution in [0.5, 0.6) is 5.88 Å². The Balaban J connectivity index is 1.82. The zero-order valence-electron chi connectivity index (χ0n) is 14.8. The third kappa shape index (κ3) is 4.08. The summed E-state index contributed by atoms with van der Waals surface area (Å²) in [5.74, 6) is -0.516. The second kappa shape index (κ2) is 8.58. The minimum absolute atomic E-state index is 0.193. The van der Waals surface area contributed by atoms with Crippen molar-refractivity contribution in [3.05, 3.63) is 42.2 Å². The summed E-state index contributed by atoms with van der Waals surface area (Å²) >= 11 is 0. The lowest BCUT2D eigenvalue weighted by Gasteiger charge is -2.11. The highest BCUT2D eigenvalue weighted by atomic mass is 16.5. The van der Waals surface area contributed by atoms with Crippen molar-refractivity contribution < 1.29 is 19.4 Å². The minimum atomic E-state index is -0.983. The first-order valence-electron chi connectivity index (χ1n) is 8.82. The third-order valence-electron chi connectivity index (χ3n) is 4.17. The molecule has 3 rings (SSSR count). The summed E-state index contributed by atoms with van der Waals surface area (Å²) in [4.78, 5) is 19.9. The van der Waals surface area contributed by atoms with Gasteiger partial charge in [0.1, 0.15) is 6.61 Å². The van der Waals surface area contributed by atoms with Gasteiger partial charge in [-0.1, -0.05) is 25.8 Å². The van der Waals surface area contributed by atoms with Crippen LogP contribution in [0.15, 0.2) is 36.7 Å². The number of unbranched alkanes of at least 4 members (excludes halogenated alkanes) is 2. The molecule has 0 aliphatic carbocycles. The summed E-state index contributed by atoms with van der Waals surface area (Å²) in [6.07, 6.45) is 6.82. The first kappa shape index (κ1) is 18.1. The van der Waals surface area contributed by atoms with E-state index in [2.05, 4.69) is 16.9 Å². The molecule has 0 spiro atoms. The first-order valence-corrected chi connectivity index (χ1v) is 8.82. The molecule has 0 aliphatic heterocycles. The van der Waals surface area contributed by atoms with Gasteiger partial charge in [-0.05, 0) is 24.6 Å². The lowest BCUT2D eigenvalue weighted by atomic mass is 10.1. The van der Waals surface area contributed by atoms with Gasteiger partial charge in [0.15, 0.2) is 0 Å². The Labute approximate surface area is 151 Å². The molecule has 26 heavy (non-hydrogen) atoms. The maximum absolute atomic E-state index is 11.2. The SMILES string of the molecule is CCCCCOCCOc1nc2cc(C(=O)O)ccc2c2cnccc12. The molecule has 6 nitrogen and oxygen atoms in total. The Morgan fingerprint density at radius 3 is 2.77 bits per heavy atom. The molecule has 2 heterocycles. The molecule has 2 aromatic heterocycles. The van der Waals surface area contributed by atoms with E-state index in [1.807, 2.05) is 6.07 Å². The van der Waals surface area contributed by atoms with Crippen molar-refractivity contribution in [1.82, 2.24) is 9.97 Å². The van der Waals surface area contributed by atoms with Crippen LogP contribution in [0.1, 0.15) is 36.5 Å².